The van der Waals surface area contributed by atoms with E-state index in [1.165, 1.54) is 0 Å². The monoisotopic (exact) mass is 163 g/mol. The normalized spacial score (nSPS) is 13.9. The minimum Gasteiger partial charge on any atom is -0.383 e. The van der Waals surface area contributed by atoms with E-state index in [2.05, 4.69) is 0 Å². The molecular weight excluding hydrogens is 145 g/mol. The highest BCUT2D eigenvalue weighted by molar-refractivity contribution is 4.58. The van der Waals surface area contributed by atoms with Gasteiger partial charge in [0.2, 0.25) is 0 Å². The minimum absolute atomic E-state index is 0.514. The Labute approximate surface area is 68.3 Å². The zero-order valence-corrected chi connectivity index (χ0v) is 7.64. The van der Waals surface area contributed by atoms with Crippen LogP contribution in [0.15, 0.2) is 0 Å². The van der Waals surface area contributed by atoms with Crippen LogP contribution in [0.1, 0.15) is 13.3 Å². The van der Waals surface area contributed by atoms with Gasteiger partial charge in [-0.15, -0.1) is 0 Å². The molecule has 0 radical (unpaired) electrons. The molecule has 0 bridgehead atoms. The average Bonchev–Trinajstić information content (AvgIpc) is 2.00. The van der Waals surface area contributed by atoms with Crippen LogP contribution < -0.4 is 0 Å². The standard InChI is InChI=1S/C8H18FNO/c1-4-8(9)7-10(2)5-6-11-3/h8H,4-7H2,1-3H3. The topological polar surface area (TPSA) is 12.5 Å². The molecular formula is C8H18FNO. The summed E-state index contributed by atoms with van der Waals surface area (Å²) in [7, 11) is 3.56. The smallest absolute Gasteiger partial charge is 0.112 e. The van der Waals surface area contributed by atoms with Crippen molar-refractivity contribution in [3.05, 3.63) is 0 Å². The second-order valence-electron chi connectivity index (χ2n) is 2.76. The highest BCUT2D eigenvalue weighted by atomic mass is 19.1. The molecule has 0 heterocycles. The summed E-state index contributed by atoms with van der Waals surface area (Å²) in [5.41, 5.74) is 0. The maximum Gasteiger partial charge on any atom is 0.112 e. The van der Waals surface area contributed by atoms with Crippen LogP contribution in [-0.4, -0.2) is 44.9 Å². The van der Waals surface area contributed by atoms with Crippen molar-refractivity contribution in [1.82, 2.24) is 4.90 Å². The van der Waals surface area contributed by atoms with Gasteiger partial charge >= 0.3 is 0 Å². The van der Waals surface area contributed by atoms with Crippen LogP contribution in [0.25, 0.3) is 0 Å². The average molecular weight is 163 g/mol. The maximum atomic E-state index is 12.7. The van der Waals surface area contributed by atoms with E-state index in [0.29, 0.717) is 19.6 Å². The van der Waals surface area contributed by atoms with Crippen LogP contribution in [-0.2, 0) is 4.74 Å². The lowest BCUT2D eigenvalue weighted by atomic mass is 10.3. The summed E-state index contributed by atoms with van der Waals surface area (Å²) < 4.78 is 17.6. The van der Waals surface area contributed by atoms with Crippen LogP contribution >= 0.6 is 0 Å². The van der Waals surface area contributed by atoms with Gasteiger partial charge in [0.05, 0.1) is 6.61 Å². The largest absolute Gasteiger partial charge is 0.383 e. The molecule has 0 fully saturated rings. The van der Waals surface area contributed by atoms with Crippen molar-refractivity contribution in [1.29, 1.82) is 0 Å². The molecule has 0 spiro atoms. The van der Waals surface area contributed by atoms with E-state index in [4.69, 9.17) is 4.74 Å². The number of ether oxygens (including phenoxy) is 1. The predicted molar refractivity (Wildman–Crippen MR) is 44.6 cm³/mol. The summed E-state index contributed by atoms with van der Waals surface area (Å²) in [6, 6.07) is 0. The fraction of sp³-hybridized carbons (Fsp3) is 1.00. The Morgan fingerprint density at radius 1 is 1.55 bits per heavy atom. The second kappa shape index (κ2) is 6.55. The fourth-order valence-corrected chi connectivity index (χ4v) is 0.806. The van der Waals surface area contributed by atoms with Crippen molar-refractivity contribution in [3.8, 4) is 0 Å². The summed E-state index contributed by atoms with van der Waals surface area (Å²) in [4.78, 5) is 1.94. The molecule has 0 N–H and O–H groups in total. The van der Waals surface area contributed by atoms with E-state index < -0.39 is 6.17 Å². The molecule has 2 nitrogen and oxygen atoms in total. The lowest BCUT2D eigenvalue weighted by molar-refractivity contribution is 0.142. The van der Waals surface area contributed by atoms with E-state index in [0.717, 1.165) is 6.54 Å². The minimum atomic E-state index is -0.697. The van der Waals surface area contributed by atoms with Crippen LogP contribution in [0.2, 0.25) is 0 Å². The zero-order chi connectivity index (χ0) is 8.69. The van der Waals surface area contributed by atoms with Crippen molar-refractivity contribution in [3.63, 3.8) is 0 Å². The summed E-state index contributed by atoms with van der Waals surface area (Å²) in [5.74, 6) is 0. The Balaban J connectivity index is 3.27. The molecule has 11 heavy (non-hydrogen) atoms. The van der Waals surface area contributed by atoms with Crippen molar-refractivity contribution in [2.75, 3.05) is 33.9 Å². The molecule has 3 heteroatoms. The van der Waals surface area contributed by atoms with E-state index in [1.54, 1.807) is 7.11 Å². The lowest BCUT2D eigenvalue weighted by Gasteiger charge is -2.17. The van der Waals surface area contributed by atoms with Gasteiger partial charge in [-0.2, -0.15) is 0 Å². The number of nitrogens with zero attached hydrogens (tertiary/aromatic N) is 1. The Morgan fingerprint density at radius 3 is 2.64 bits per heavy atom. The molecule has 0 aromatic heterocycles. The van der Waals surface area contributed by atoms with Gasteiger partial charge in [0.25, 0.3) is 0 Å². The molecule has 0 rings (SSSR count). The molecule has 1 unspecified atom stereocenters. The first-order valence-electron chi connectivity index (χ1n) is 4.02. The fourth-order valence-electron chi connectivity index (χ4n) is 0.806. The van der Waals surface area contributed by atoms with Crippen LogP contribution in [0.5, 0.6) is 0 Å². The van der Waals surface area contributed by atoms with Crippen molar-refractivity contribution in [2.45, 2.75) is 19.5 Å². The SMILES string of the molecule is CCC(F)CN(C)CCOC. The molecule has 0 aliphatic heterocycles. The van der Waals surface area contributed by atoms with Gasteiger partial charge in [0.1, 0.15) is 6.17 Å². The van der Waals surface area contributed by atoms with Gasteiger partial charge < -0.3 is 9.64 Å². The number of alkyl halides is 1. The maximum absolute atomic E-state index is 12.7. The van der Waals surface area contributed by atoms with Crippen LogP contribution in [0.4, 0.5) is 4.39 Å². The van der Waals surface area contributed by atoms with Gasteiger partial charge in [0.15, 0.2) is 0 Å². The number of likely N-dealkylation sites (N-methyl/N-ethyl adjacent to an activating group) is 1. The Kier molecular flexibility index (Phi) is 6.46. The Bertz CT molecular complexity index is 90.2. The van der Waals surface area contributed by atoms with Crippen LogP contribution in [0, 0.1) is 0 Å². The van der Waals surface area contributed by atoms with E-state index in [9.17, 15) is 4.39 Å². The first-order valence-corrected chi connectivity index (χ1v) is 4.02. The van der Waals surface area contributed by atoms with Gasteiger partial charge in [-0.05, 0) is 13.5 Å². The van der Waals surface area contributed by atoms with E-state index >= 15 is 0 Å². The molecule has 1 atom stereocenters. The molecule has 0 aromatic carbocycles. The van der Waals surface area contributed by atoms with Gasteiger partial charge in [-0.1, -0.05) is 6.92 Å². The predicted octanol–water partition coefficient (Wildman–Crippen LogP) is 1.31. The Hall–Kier alpha value is -0.150. The zero-order valence-electron chi connectivity index (χ0n) is 7.64. The van der Waals surface area contributed by atoms with Crippen molar-refractivity contribution in [2.24, 2.45) is 0 Å². The van der Waals surface area contributed by atoms with Crippen molar-refractivity contribution >= 4 is 0 Å². The van der Waals surface area contributed by atoms with Gasteiger partial charge in [0, 0.05) is 20.2 Å². The number of halogens is 1. The quantitative estimate of drug-likeness (QED) is 0.585. The molecule has 0 amide bonds. The first-order chi connectivity index (χ1) is 5.20. The Morgan fingerprint density at radius 2 is 2.18 bits per heavy atom. The molecule has 0 aliphatic carbocycles. The third kappa shape index (κ3) is 6.26. The van der Waals surface area contributed by atoms with Crippen molar-refractivity contribution < 1.29 is 9.13 Å². The summed E-state index contributed by atoms with van der Waals surface area (Å²) in [5, 5.41) is 0. The van der Waals surface area contributed by atoms with E-state index in [-0.39, 0.29) is 0 Å². The highest BCUT2D eigenvalue weighted by Gasteiger charge is 2.06. The molecule has 0 aliphatic rings. The highest BCUT2D eigenvalue weighted by Crippen LogP contribution is 1.98. The van der Waals surface area contributed by atoms with Crippen LogP contribution in [0.3, 0.4) is 0 Å². The summed E-state index contributed by atoms with van der Waals surface area (Å²) in [6.07, 6.45) is -0.103. The number of hydrogen-bond donors (Lipinski definition) is 0. The second-order valence-corrected chi connectivity index (χ2v) is 2.76. The third-order valence-electron chi connectivity index (χ3n) is 1.63. The molecule has 0 saturated heterocycles. The number of hydrogen-bond acceptors (Lipinski definition) is 2. The molecule has 0 aromatic rings. The lowest BCUT2D eigenvalue weighted by Crippen LogP contribution is -2.29. The number of rotatable bonds is 6. The van der Waals surface area contributed by atoms with E-state index in [1.807, 2.05) is 18.9 Å². The van der Waals surface area contributed by atoms with Gasteiger partial charge in [-0.25, -0.2) is 4.39 Å². The molecule has 68 valence electrons. The summed E-state index contributed by atoms with van der Waals surface area (Å²) >= 11 is 0. The first kappa shape index (κ1) is 10.8. The summed E-state index contributed by atoms with van der Waals surface area (Å²) in [6.45, 7) is 3.85. The number of methoxy groups -OCH3 is 1. The third-order valence-corrected chi connectivity index (χ3v) is 1.63. The molecule has 0 saturated carbocycles. The van der Waals surface area contributed by atoms with Gasteiger partial charge in [-0.3, -0.25) is 0 Å².